The van der Waals surface area contributed by atoms with Crippen LogP contribution in [0.2, 0.25) is 0 Å². The van der Waals surface area contributed by atoms with Crippen LogP contribution in [0.15, 0.2) is 47.5 Å². The Labute approximate surface area is 124 Å². The molecular weight excluding hydrogens is 280 g/mol. The third-order valence-corrected chi connectivity index (χ3v) is 3.64. The summed E-state index contributed by atoms with van der Waals surface area (Å²) in [5, 5.41) is 15.9. The molecule has 4 aromatic rings. The van der Waals surface area contributed by atoms with E-state index in [4.69, 9.17) is 0 Å². The van der Waals surface area contributed by atoms with Crippen LogP contribution < -0.4 is 5.56 Å². The Morgan fingerprint density at radius 3 is 2.91 bits per heavy atom. The maximum Gasteiger partial charge on any atom is 0.257 e. The molecular formula is C16H12N4O2. The van der Waals surface area contributed by atoms with Gasteiger partial charge in [-0.05, 0) is 24.3 Å². The molecule has 0 spiro atoms. The van der Waals surface area contributed by atoms with Gasteiger partial charge in [0.1, 0.15) is 5.75 Å². The maximum absolute atomic E-state index is 11.7. The SMILES string of the molecule is Cn1cc2cc(-c3ccc4c(=O)[nH]ccc4n3)c(O)cc2n1. The minimum Gasteiger partial charge on any atom is -0.507 e. The summed E-state index contributed by atoms with van der Waals surface area (Å²) in [5.41, 5.74) is 2.36. The van der Waals surface area contributed by atoms with E-state index in [1.165, 1.54) is 0 Å². The lowest BCUT2D eigenvalue weighted by Crippen LogP contribution is -2.05. The van der Waals surface area contributed by atoms with Gasteiger partial charge in [-0.15, -0.1) is 0 Å². The highest BCUT2D eigenvalue weighted by Gasteiger charge is 2.11. The van der Waals surface area contributed by atoms with Gasteiger partial charge in [-0.3, -0.25) is 9.48 Å². The van der Waals surface area contributed by atoms with E-state index in [1.54, 1.807) is 35.1 Å². The molecule has 108 valence electrons. The van der Waals surface area contributed by atoms with E-state index in [-0.39, 0.29) is 11.3 Å². The van der Waals surface area contributed by atoms with Crippen molar-refractivity contribution < 1.29 is 5.11 Å². The molecule has 0 atom stereocenters. The molecule has 0 bridgehead atoms. The predicted octanol–water partition coefficient (Wildman–Crippen LogP) is 2.18. The summed E-state index contributed by atoms with van der Waals surface area (Å²) < 4.78 is 1.70. The molecule has 2 N–H and O–H groups in total. The van der Waals surface area contributed by atoms with Crippen LogP contribution >= 0.6 is 0 Å². The number of H-pyrrole nitrogens is 1. The molecule has 3 heterocycles. The number of benzene rings is 1. The zero-order chi connectivity index (χ0) is 15.3. The van der Waals surface area contributed by atoms with E-state index in [2.05, 4.69) is 15.1 Å². The van der Waals surface area contributed by atoms with Crippen LogP contribution in [-0.2, 0) is 7.05 Å². The summed E-state index contributed by atoms with van der Waals surface area (Å²) in [6.45, 7) is 0. The fourth-order valence-electron chi connectivity index (χ4n) is 2.61. The van der Waals surface area contributed by atoms with E-state index in [9.17, 15) is 9.90 Å². The molecule has 3 aromatic heterocycles. The number of aromatic amines is 1. The number of aromatic hydroxyl groups is 1. The van der Waals surface area contributed by atoms with Gasteiger partial charge in [-0.25, -0.2) is 4.98 Å². The number of aryl methyl sites for hydroxylation is 1. The summed E-state index contributed by atoms with van der Waals surface area (Å²) in [6.07, 6.45) is 3.44. The number of nitrogens with one attached hydrogen (secondary N) is 1. The van der Waals surface area contributed by atoms with Gasteiger partial charge in [0.15, 0.2) is 0 Å². The summed E-state index contributed by atoms with van der Waals surface area (Å²) in [7, 11) is 1.83. The van der Waals surface area contributed by atoms with E-state index in [0.29, 0.717) is 22.2 Å². The molecule has 0 saturated heterocycles. The molecule has 0 aliphatic carbocycles. The van der Waals surface area contributed by atoms with Crippen LogP contribution in [0.3, 0.4) is 0 Å². The van der Waals surface area contributed by atoms with E-state index in [1.807, 2.05) is 19.3 Å². The number of rotatable bonds is 1. The third-order valence-electron chi connectivity index (χ3n) is 3.64. The Hall–Kier alpha value is -3.15. The monoisotopic (exact) mass is 292 g/mol. The Kier molecular flexibility index (Phi) is 2.53. The van der Waals surface area contributed by atoms with E-state index >= 15 is 0 Å². The van der Waals surface area contributed by atoms with Crippen molar-refractivity contribution in [1.82, 2.24) is 19.7 Å². The van der Waals surface area contributed by atoms with Crippen LogP contribution in [0.4, 0.5) is 0 Å². The molecule has 0 aliphatic rings. The Bertz CT molecular complexity index is 1080. The average Bonchev–Trinajstić information content (AvgIpc) is 2.85. The van der Waals surface area contributed by atoms with Crippen LogP contribution in [0.25, 0.3) is 33.1 Å². The van der Waals surface area contributed by atoms with Crippen molar-refractivity contribution >= 4 is 21.8 Å². The van der Waals surface area contributed by atoms with E-state index in [0.717, 1.165) is 10.9 Å². The van der Waals surface area contributed by atoms with Gasteiger partial charge in [0.25, 0.3) is 5.56 Å². The maximum atomic E-state index is 11.7. The molecule has 22 heavy (non-hydrogen) atoms. The first-order valence-electron chi connectivity index (χ1n) is 6.77. The lowest BCUT2D eigenvalue weighted by atomic mass is 10.1. The highest BCUT2D eigenvalue weighted by molar-refractivity contribution is 5.88. The van der Waals surface area contributed by atoms with Gasteiger partial charge >= 0.3 is 0 Å². The smallest absolute Gasteiger partial charge is 0.257 e. The van der Waals surface area contributed by atoms with Gasteiger partial charge in [-0.2, -0.15) is 5.10 Å². The second kappa shape index (κ2) is 4.42. The number of fused-ring (bicyclic) bond motifs is 2. The van der Waals surface area contributed by atoms with Crippen LogP contribution in [0, 0.1) is 0 Å². The molecule has 0 amide bonds. The normalized spacial score (nSPS) is 11.3. The minimum atomic E-state index is -0.177. The average molecular weight is 292 g/mol. The predicted molar refractivity (Wildman–Crippen MR) is 83.7 cm³/mol. The zero-order valence-electron chi connectivity index (χ0n) is 11.7. The first-order valence-corrected chi connectivity index (χ1v) is 6.77. The van der Waals surface area contributed by atoms with Crippen molar-refractivity contribution in [3.8, 4) is 17.0 Å². The quantitative estimate of drug-likeness (QED) is 0.563. The Morgan fingerprint density at radius 1 is 1.18 bits per heavy atom. The number of aromatic nitrogens is 4. The van der Waals surface area contributed by atoms with Crippen LogP contribution in [0.5, 0.6) is 5.75 Å². The molecule has 0 radical (unpaired) electrons. The summed E-state index contributed by atoms with van der Waals surface area (Å²) in [6, 6.07) is 8.64. The summed E-state index contributed by atoms with van der Waals surface area (Å²) in [5.74, 6) is 0.114. The van der Waals surface area contributed by atoms with Crippen molar-refractivity contribution in [2.45, 2.75) is 0 Å². The number of phenols is 1. The molecule has 0 aliphatic heterocycles. The minimum absolute atomic E-state index is 0.114. The fourth-order valence-corrected chi connectivity index (χ4v) is 2.61. The number of nitrogens with zero attached hydrogens (tertiary/aromatic N) is 3. The number of hydrogen-bond donors (Lipinski definition) is 2. The molecule has 6 heteroatoms. The first kappa shape index (κ1) is 12.6. The van der Waals surface area contributed by atoms with Crippen LogP contribution in [0.1, 0.15) is 0 Å². The van der Waals surface area contributed by atoms with Gasteiger partial charge in [0.2, 0.25) is 0 Å². The lowest BCUT2D eigenvalue weighted by molar-refractivity contribution is 0.478. The van der Waals surface area contributed by atoms with Crippen molar-refractivity contribution in [2.24, 2.45) is 7.05 Å². The van der Waals surface area contributed by atoms with Crippen LogP contribution in [-0.4, -0.2) is 24.9 Å². The summed E-state index contributed by atoms with van der Waals surface area (Å²) >= 11 is 0. The van der Waals surface area contributed by atoms with Gasteiger partial charge in [0.05, 0.1) is 22.1 Å². The first-order chi connectivity index (χ1) is 10.6. The third kappa shape index (κ3) is 1.85. The number of hydrogen-bond acceptors (Lipinski definition) is 4. The molecule has 4 rings (SSSR count). The molecule has 1 aromatic carbocycles. The second-order valence-corrected chi connectivity index (χ2v) is 5.17. The van der Waals surface area contributed by atoms with Gasteiger partial charge in [-0.1, -0.05) is 0 Å². The van der Waals surface area contributed by atoms with Crippen molar-refractivity contribution in [3.05, 3.63) is 53.1 Å². The number of pyridine rings is 2. The van der Waals surface area contributed by atoms with Crippen molar-refractivity contribution in [1.29, 1.82) is 0 Å². The molecule has 0 unspecified atom stereocenters. The second-order valence-electron chi connectivity index (χ2n) is 5.17. The van der Waals surface area contributed by atoms with Gasteiger partial charge in [0, 0.05) is 36.5 Å². The fraction of sp³-hybridized carbons (Fsp3) is 0.0625. The van der Waals surface area contributed by atoms with Crippen molar-refractivity contribution in [2.75, 3.05) is 0 Å². The number of phenolic OH excluding ortho intramolecular Hbond substituents is 1. The van der Waals surface area contributed by atoms with E-state index < -0.39 is 0 Å². The highest BCUT2D eigenvalue weighted by atomic mass is 16.3. The lowest BCUT2D eigenvalue weighted by Gasteiger charge is -2.05. The summed E-state index contributed by atoms with van der Waals surface area (Å²) in [4.78, 5) is 18.8. The van der Waals surface area contributed by atoms with Crippen molar-refractivity contribution in [3.63, 3.8) is 0 Å². The largest absolute Gasteiger partial charge is 0.507 e. The van der Waals surface area contributed by atoms with Gasteiger partial charge < -0.3 is 10.1 Å². The highest BCUT2D eigenvalue weighted by Crippen LogP contribution is 2.32. The Morgan fingerprint density at radius 2 is 2.05 bits per heavy atom. The topological polar surface area (TPSA) is 83.8 Å². The standard InChI is InChI=1S/C16H12N4O2/c1-20-8-9-6-11(15(21)7-14(9)19-20)12-3-2-10-13(18-12)4-5-17-16(10)22/h2-8,21H,1H3,(H,17,22). The zero-order valence-corrected chi connectivity index (χ0v) is 11.7. The molecule has 0 saturated carbocycles. The Balaban J connectivity index is 1.97. The molecule has 0 fully saturated rings. The molecule has 6 nitrogen and oxygen atoms in total.